The number of Topliss-reactive ketones (excluding diaryl/α,β-unsaturated/α-hetero) is 1. The van der Waals surface area contributed by atoms with Crippen LogP contribution in [-0.4, -0.2) is 55.4 Å². The highest BCUT2D eigenvalue weighted by Crippen LogP contribution is 2.40. The molecule has 1 aliphatic heterocycles. The Labute approximate surface area is 185 Å². The summed E-state index contributed by atoms with van der Waals surface area (Å²) in [6, 6.07) is -1.04. The lowest BCUT2D eigenvalue weighted by molar-refractivity contribution is -0.121. The molecular formula is C23H46N2O4Si. The number of hydrogen-bond donors (Lipinski definition) is 1. The minimum absolute atomic E-state index is 0.00860. The van der Waals surface area contributed by atoms with Gasteiger partial charge in [-0.25, -0.2) is 4.79 Å². The first-order chi connectivity index (χ1) is 13.4. The van der Waals surface area contributed by atoms with Crippen LogP contribution in [0.25, 0.3) is 0 Å². The summed E-state index contributed by atoms with van der Waals surface area (Å²) in [5.74, 6) is 0.366. The van der Waals surface area contributed by atoms with Crippen LogP contribution < -0.4 is 5.73 Å². The summed E-state index contributed by atoms with van der Waals surface area (Å²) in [5.41, 5.74) is 6.01. The standard InChI is InChI=1S/C23H46N2O4Si/c1-15(2)12-18(24)20-17(14-28-30(10,11)23(7,8)9)13-19(16(3)26)25(20)21(27)29-22(4,5)6/h15,17-20H,12-14,24H2,1-11H3/t17-,18?,19+,20-/m0/s1. The zero-order chi connectivity index (χ0) is 23.7. The number of amides is 1. The number of likely N-dealkylation sites (tertiary alicyclic amines) is 1. The van der Waals surface area contributed by atoms with E-state index < -0.39 is 26.1 Å². The van der Waals surface area contributed by atoms with Crippen LogP contribution in [0.5, 0.6) is 0 Å². The monoisotopic (exact) mass is 442 g/mol. The second-order valence-electron chi connectivity index (χ2n) is 11.9. The molecule has 0 bridgehead atoms. The Morgan fingerprint density at radius 2 is 1.67 bits per heavy atom. The molecule has 1 fully saturated rings. The lowest BCUT2D eigenvalue weighted by Gasteiger charge is -2.39. The van der Waals surface area contributed by atoms with Gasteiger partial charge in [-0.15, -0.1) is 0 Å². The molecule has 0 radical (unpaired) electrons. The lowest BCUT2D eigenvalue weighted by Crippen LogP contribution is -2.55. The Hall–Kier alpha value is -0.923. The maximum absolute atomic E-state index is 13.1. The summed E-state index contributed by atoms with van der Waals surface area (Å²) < 4.78 is 12.2. The van der Waals surface area contributed by atoms with Gasteiger partial charge in [0.25, 0.3) is 0 Å². The average Bonchev–Trinajstić information content (AvgIpc) is 2.89. The van der Waals surface area contributed by atoms with Gasteiger partial charge >= 0.3 is 6.09 Å². The molecule has 30 heavy (non-hydrogen) atoms. The summed E-state index contributed by atoms with van der Waals surface area (Å²) in [4.78, 5) is 27.3. The molecule has 1 rings (SSSR count). The van der Waals surface area contributed by atoms with Gasteiger partial charge in [-0.2, -0.15) is 0 Å². The van der Waals surface area contributed by atoms with Gasteiger partial charge in [0.15, 0.2) is 14.1 Å². The molecule has 1 aliphatic rings. The van der Waals surface area contributed by atoms with Crippen LogP contribution in [0, 0.1) is 11.8 Å². The van der Waals surface area contributed by atoms with Crippen LogP contribution in [0.4, 0.5) is 4.79 Å². The topological polar surface area (TPSA) is 81.9 Å². The van der Waals surface area contributed by atoms with E-state index in [4.69, 9.17) is 14.9 Å². The highest BCUT2D eigenvalue weighted by molar-refractivity contribution is 6.74. The van der Waals surface area contributed by atoms with Gasteiger partial charge in [0.2, 0.25) is 0 Å². The van der Waals surface area contributed by atoms with Crippen LogP contribution in [0.1, 0.15) is 75.2 Å². The summed E-state index contributed by atoms with van der Waals surface area (Å²) in [5, 5.41) is 0.0893. The average molecular weight is 443 g/mol. The van der Waals surface area contributed by atoms with Crippen molar-refractivity contribution in [1.82, 2.24) is 4.90 Å². The summed E-state index contributed by atoms with van der Waals surface area (Å²) in [7, 11) is -1.97. The van der Waals surface area contributed by atoms with Crippen molar-refractivity contribution < 1.29 is 18.8 Å². The number of hydrogen-bond acceptors (Lipinski definition) is 5. The fraction of sp³-hybridized carbons (Fsp3) is 0.913. The molecule has 4 atom stereocenters. The molecule has 0 aromatic rings. The zero-order valence-corrected chi connectivity index (χ0v) is 22.2. The Kier molecular flexibility index (Phi) is 8.76. The maximum Gasteiger partial charge on any atom is 0.411 e. The number of carbonyl (C=O) groups excluding carboxylic acids is 2. The Bertz CT molecular complexity index is 607. The summed E-state index contributed by atoms with van der Waals surface area (Å²) in [6.45, 7) is 22.9. The second-order valence-corrected chi connectivity index (χ2v) is 16.7. The predicted octanol–water partition coefficient (Wildman–Crippen LogP) is 4.96. The largest absolute Gasteiger partial charge is 0.444 e. The van der Waals surface area contributed by atoms with Gasteiger partial charge in [0.1, 0.15) is 5.60 Å². The SMILES string of the molecule is CC(=O)[C@H]1C[C@@H](CO[Si](C)(C)C(C)(C)C)[C@@H](C(N)CC(C)C)N1C(=O)OC(C)(C)C. The van der Waals surface area contributed by atoms with Crippen molar-refractivity contribution in [1.29, 1.82) is 0 Å². The van der Waals surface area contributed by atoms with E-state index >= 15 is 0 Å². The van der Waals surface area contributed by atoms with E-state index in [2.05, 4.69) is 47.7 Å². The van der Waals surface area contributed by atoms with Gasteiger partial charge in [0.05, 0.1) is 12.1 Å². The normalized spacial score (nSPS) is 24.3. The molecular weight excluding hydrogens is 396 g/mol. The molecule has 0 aliphatic carbocycles. The van der Waals surface area contributed by atoms with Crippen molar-refractivity contribution in [3.63, 3.8) is 0 Å². The first-order valence-electron chi connectivity index (χ1n) is 11.3. The third-order valence-electron chi connectivity index (χ3n) is 6.39. The molecule has 0 aromatic carbocycles. The van der Waals surface area contributed by atoms with Gasteiger partial charge in [-0.3, -0.25) is 9.69 Å². The molecule has 0 spiro atoms. The highest BCUT2D eigenvalue weighted by atomic mass is 28.4. The van der Waals surface area contributed by atoms with Gasteiger partial charge in [0, 0.05) is 18.6 Å². The van der Waals surface area contributed by atoms with Crippen LogP contribution in [0.3, 0.4) is 0 Å². The molecule has 7 heteroatoms. The Balaban J connectivity index is 3.25. The van der Waals surface area contributed by atoms with Gasteiger partial charge < -0.3 is 14.9 Å². The minimum atomic E-state index is -1.97. The van der Waals surface area contributed by atoms with Crippen molar-refractivity contribution in [2.45, 2.75) is 117 Å². The fourth-order valence-corrected chi connectivity index (χ4v) is 4.90. The second kappa shape index (κ2) is 9.70. The number of rotatable bonds is 7. The number of nitrogens with two attached hydrogens (primary N) is 1. The Morgan fingerprint density at radius 3 is 2.07 bits per heavy atom. The fourth-order valence-electron chi connectivity index (χ4n) is 3.84. The predicted molar refractivity (Wildman–Crippen MR) is 125 cm³/mol. The maximum atomic E-state index is 13.1. The van der Waals surface area contributed by atoms with Gasteiger partial charge in [-0.1, -0.05) is 34.6 Å². The molecule has 1 amide bonds. The van der Waals surface area contributed by atoms with Crippen molar-refractivity contribution in [2.24, 2.45) is 17.6 Å². The van der Waals surface area contributed by atoms with Crippen molar-refractivity contribution in [3.8, 4) is 0 Å². The first-order valence-corrected chi connectivity index (χ1v) is 14.2. The molecule has 1 saturated heterocycles. The molecule has 1 heterocycles. The van der Waals surface area contributed by atoms with E-state index in [1.165, 1.54) is 0 Å². The number of ketones is 1. The Morgan fingerprint density at radius 1 is 1.13 bits per heavy atom. The molecule has 176 valence electrons. The van der Waals surface area contributed by atoms with E-state index in [0.717, 1.165) is 6.42 Å². The molecule has 0 saturated carbocycles. The van der Waals surface area contributed by atoms with E-state index in [9.17, 15) is 9.59 Å². The van der Waals surface area contributed by atoms with Crippen LogP contribution in [0.15, 0.2) is 0 Å². The summed E-state index contributed by atoms with van der Waals surface area (Å²) in [6.07, 6.45) is 0.881. The van der Waals surface area contributed by atoms with Crippen LogP contribution >= 0.6 is 0 Å². The van der Waals surface area contributed by atoms with Crippen molar-refractivity contribution in [2.75, 3.05) is 6.61 Å². The van der Waals surface area contributed by atoms with E-state index in [1.807, 2.05) is 20.8 Å². The van der Waals surface area contributed by atoms with Crippen molar-refractivity contribution in [3.05, 3.63) is 0 Å². The van der Waals surface area contributed by atoms with E-state index in [-0.39, 0.29) is 28.8 Å². The van der Waals surface area contributed by atoms with Crippen LogP contribution in [0.2, 0.25) is 18.1 Å². The smallest absolute Gasteiger partial charge is 0.411 e. The van der Waals surface area contributed by atoms with E-state index in [0.29, 0.717) is 18.9 Å². The lowest BCUT2D eigenvalue weighted by atomic mass is 9.89. The zero-order valence-electron chi connectivity index (χ0n) is 21.2. The van der Waals surface area contributed by atoms with Gasteiger partial charge in [-0.05, 0) is 64.6 Å². The highest BCUT2D eigenvalue weighted by Gasteiger charge is 2.50. The quantitative estimate of drug-likeness (QED) is 0.563. The molecule has 2 N–H and O–H groups in total. The molecule has 0 aromatic heterocycles. The summed E-state index contributed by atoms with van der Waals surface area (Å²) >= 11 is 0. The first kappa shape index (κ1) is 27.1. The number of ether oxygens (including phenoxy) is 1. The van der Waals surface area contributed by atoms with Crippen molar-refractivity contribution >= 4 is 20.2 Å². The molecule has 1 unspecified atom stereocenters. The third-order valence-corrected chi connectivity index (χ3v) is 10.9. The van der Waals surface area contributed by atoms with Crippen LogP contribution in [-0.2, 0) is 14.0 Å². The number of carbonyl (C=O) groups is 2. The molecule has 6 nitrogen and oxygen atoms in total. The van der Waals surface area contributed by atoms with E-state index in [1.54, 1.807) is 11.8 Å². The minimum Gasteiger partial charge on any atom is -0.444 e. The third kappa shape index (κ3) is 7.06. The number of nitrogens with zero attached hydrogens (tertiary/aromatic N) is 1.